The van der Waals surface area contributed by atoms with Crippen molar-refractivity contribution in [2.24, 2.45) is 11.8 Å². The zero-order chi connectivity index (χ0) is 14.0. The summed E-state index contributed by atoms with van der Waals surface area (Å²) in [5.41, 5.74) is 0.784. The Morgan fingerprint density at radius 2 is 2.21 bits per heavy atom. The van der Waals surface area contributed by atoms with E-state index in [9.17, 15) is 9.90 Å². The minimum absolute atomic E-state index is 0.0190. The minimum Gasteiger partial charge on any atom is -0.508 e. The van der Waals surface area contributed by atoms with Crippen molar-refractivity contribution in [2.45, 2.75) is 32.6 Å². The van der Waals surface area contributed by atoms with E-state index in [1.54, 1.807) is 13.2 Å². The Balaban J connectivity index is 2.24. The molecule has 0 radical (unpaired) electrons. The Bertz CT molecular complexity index is 485. The zero-order valence-electron chi connectivity index (χ0n) is 11.3. The molecule has 0 spiro atoms. The predicted octanol–water partition coefficient (Wildman–Crippen LogP) is 3.71. The molecule has 0 unspecified atom stereocenters. The molecule has 2 atom stereocenters. The number of phenolic OH excluding ortho intramolecular Hbond substituents is 1. The lowest BCUT2D eigenvalue weighted by Gasteiger charge is -2.27. The fourth-order valence-electron chi connectivity index (χ4n) is 2.76. The van der Waals surface area contributed by atoms with Crippen LogP contribution in [0.3, 0.4) is 0 Å². The molecule has 0 aromatic heterocycles. The molecule has 1 fully saturated rings. The topological polar surface area (TPSA) is 46.5 Å². The van der Waals surface area contributed by atoms with Crippen LogP contribution in [-0.2, 0) is 11.2 Å². The summed E-state index contributed by atoms with van der Waals surface area (Å²) >= 11 is 3.34. The molecule has 0 amide bonds. The third-order valence-corrected chi connectivity index (χ3v) is 4.60. The molecule has 4 heteroatoms. The zero-order valence-corrected chi connectivity index (χ0v) is 12.9. The highest BCUT2D eigenvalue weighted by Crippen LogP contribution is 2.36. The van der Waals surface area contributed by atoms with Gasteiger partial charge in [0.1, 0.15) is 17.3 Å². The van der Waals surface area contributed by atoms with Crippen LogP contribution < -0.4 is 4.74 Å². The van der Waals surface area contributed by atoms with Gasteiger partial charge in [0.05, 0.1) is 11.6 Å². The largest absolute Gasteiger partial charge is 0.508 e. The van der Waals surface area contributed by atoms with E-state index in [0.717, 1.165) is 22.9 Å². The third kappa shape index (κ3) is 3.11. The van der Waals surface area contributed by atoms with Crippen LogP contribution in [0.25, 0.3) is 0 Å². The first-order valence-electron chi connectivity index (χ1n) is 6.61. The standard InChI is InChI=1S/C15H19BrO3/c1-9-4-3-5-13(17)11(9)6-10-7-15(19-2)12(16)8-14(10)18/h7-9,11,18H,3-6H2,1-2H3/t9-,11+/m1/s1. The molecule has 1 N–H and O–H groups in total. The number of carbonyl (C=O) groups is 1. The van der Waals surface area contributed by atoms with Gasteiger partial charge in [-0.25, -0.2) is 0 Å². The van der Waals surface area contributed by atoms with E-state index in [4.69, 9.17) is 4.74 Å². The molecule has 104 valence electrons. The molecule has 19 heavy (non-hydrogen) atoms. The molecular formula is C15H19BrO3. The fourth-order valence-corrected chi connectivity index (χ4v) is 3.25. The van der Waals surface area contributed by atoms with Crippen LogP contribution in [0, 0.1) is 11.8 Å². The molecule has 2 rings (SSSR count). The molecule has 0 saturated heterocycles. The van der Waals surface area contributed by atoms with Gasteiger partial charge < -0.3 is 9.84 Å². The molecule has 1 aromatic carbocycles. The SMILES string of the molecule is COc1cc(C[C@@H]2C(=O)CCC[C@H]2C)c(O)cc1Br. The smallest absolute Gasteiger partial charge is 0.136 e. The maximum atomic E-state index is 12.0. The van der Waals surface area contributed by atoms with Crippen LogP contribution >= 0.6 is 15.9 Å². The lowest BCUT2D eigenvalue weighted by Crippen LogP contribution is -2.28. The first kappa shape index (κ1) is 14.4. The van der Waals surface area contributed by atoms with Crippen molar-refractivity contribution >= 4 is 21.7 Å². The third-order valence-electron chi connectivity index (χ3n) is 3.98. The second kappa shape index (κ2) is 5.95. The van der Waals surface area contributed by atoms with Crippen molar-refractivity contribution in [2.75, 3.05) is 7.11 Å². The summed E-state index contributed by atoms with van der Waals surface area (Å²) in [7, 11) is 1.59. The molecule has 1 aliphatic rings. The van der Waals surface area contributed by atoms with E-state index in [2.05, 4.69) is 22.9 Å². The molecule has 0 aliphatic heterocycles. The normalized spacial score (nSPS) is 23.4. The molecule has 3 nitrogen and oxygen atoms in total. The average molecular weight is 327 g/mol. The predicted molar refractivity (Wildman–Crippen MR) is 77.6 cm³/mol. The van der Waals surface area contributed by atoms with E-state index >= 15 is 0 Å². The highest BCUT2D eigenvalue weighted by atomic mass is 79.9. The van der Waals surface area contributed by atoms with Crippen LogP contribution in [0.15, 0.2) is 16.6 Å². The Kier molecular flexibility index (Phi) is 4.50. The number of ketones is 1. The molecular weight excluding hydrogens is 308 g/mol. The Labute approximate surface area is 122 Å². The van der Waals surface area contributed by atoms with E-state index < -0.39 is 0 Å². The van der Waals surface area contributed by atoms with Crippen molar-refractivity contribution in [3.63, 3.8) is 0 Å². The summed E-state index contributed by atoms with van der Waals surface area (Å²) in [6, 6.07) is 3.44. The van der Waals surface area contributed by atoms with Crippen LogP contribution in [0.1, 0.15) is 31.7 Å². The Morgan fingerprint density at radius 3 is 2.84 bits per heavy atom. The van der Waals surface area contributed by atoms with Gasteiger partial charge in [-0.3, -0.25) is 4.79 Å². The number of benzene rings is 1. The molecule has 1 saturated carbocycles. The molecule has 1 aromatic rings. The van der Waals surface area contributed by atoms with Crippen molar-refractivity contribution < 1.29 is 14.6 Å². The number of hydrogen-bond acceptors (Lipinski definition) is 3. The quantitative estimate of drug-likeness (QED) is 0.920. The number of halogens is 1. The van der Waals surface area contributed by atoms with E-state index in [0.29, 0.717) is 30.3 Å². The number of hydrogen-bond donors (Lipinski definition) is 1. The van der Waals surface area contributed by atoms with Gasteiger partial charge in [-0.1, -0.05) is 6.92 Å². The highest BCUT2D eigenvalue weighted by Gasteiger charge is 2.29. The minimum atomic E-state index is 0.0190. The number of rotatable bonds is 3. The van der Waals surface area contributed by atoms with Crippen LogP contribution in [-0.4, -0.2) is 18.0 Å². The van der Waals surface area contributed by atoms with E-state index in [1.165, 1.54) is 0 Å². The van der Waals surface area contributed by atoms with Crippen LogP contribution in [0.2, 0.25) is 0 Å². The van der Waals surface area contributed by atoms with Crippen molar-refractivity contribution in [1.82, 2.24) is 0 Å². The van der Waals surface area contributed by atoms with Crippen LogP contribution in [0.4, 0.5) is 0 Å². The second-order valence-electron chi connectivity index (χ2n) is 5.26. The first-order valence-corrected chi connectivity index (χ1v) is 7.40. The van der Waals surface area contributed by atoms with Gasteiger partial charge in [0.2, 0.25) is 0 Å². The number of ether oxygens (including phenoxy) is 1. The van der Waals surface area contributed by atoms with Gasteiger partial charge in [-0.05, 0) is 58.8 Å². The van der Waals surface area contributed by atoms with Gasteiger partial charge in [0.25, 0.3) is 0 Å². The summed E-state index contributed by atoms with van der Waals surface area (Å²) in [6.07, 6.45) is 3.34. The fraction of sp³-hybridized carbons (Fsp3) is 0.533. The Hall–Kier alpha value is -1.03. The van der Waals surface area contributed by atoms with Gasteiger partial charge in [-0.15, -0.1) is 0 Å². The van der Waals surface area contributed by atoms with Gasteiger partial charge >= 0.3 is 0 Å². The first-order chi connectivity index (χ1) is 9.02. The number of methoxy groups -OCH3 is 1. The lowest BCUT2D eigenvalue weighted by atomic mass is 9.76. The molecule has 0 heterocycles. The number of Topliss-reactive ketones (excluding diaryl/α,β-unsaturated/α-hetero) is 1. The highest BCUT2D eigenvalue weighted by molar-refractivity contribution is 9.10. The van der Waals surface area contributed by atoms with Crippen molar-refractivity contribution in [3.05, 3.63) is 22.2 Å². The van der Waals surface area contributed by atoms with Gasteiger partial charge in [0, 0.05) is 12.3 Å². The summed E-state index contributed by atoms with van der Waals surface area (Å²) in [5, 5.41) is 10.0. The summed E-state index contributed by atoms with van der Waals surface area (Å²) in [6.45, 7) is 2.12. The van der Waals surface area contributed by atoms with Crippen molar-refractivity contribution in [1.29, 1.82) is 0 Å². The van der Waals surface area contributed by atoms with Crippen LogP contribution in [0.5, 0.6) is 11.5 Å². The number of phenols is 1. The summed E-state index contributed by atoms with van der Waals surface area (Å²) in [5.74, 6) is 1.63. The van der Waals surface area contributed by atoms with Crippen molar-refractivity contribution in [3.8, 4) is 11.5 Å². The summed E-state index contributed by atoms with van der Waals surface area (Å²) in [4.78, 5) is 12.0. The Morgan fingerprint density at radius 1 is 1.47 bits per heavy atom. The maximum absolute atomic E-state index is 12.0. The average Bonchev–Trinajstić information content (AvgIpc) is 2.36. The lowest BCUT2D eigenvalue weighted by molar-refractivity contribution is -0.126. The number of aromatic hydroxyl groups is 1. The second-order valence-corrected chi connectivity index (χ2v) is 6.12. The number of carbonyl (C=O) groups excluding carboxylic acids is 1. The van der Waals surface area contributed by atoms with E-state index in [1.807, 2.05) is 6.07 Å². The van der Waals surface area contributed by atoms with Gasteiger partial charge in [-0.2, -0.15) is 0 Å². The maximum Gasteiger partial charge on any atom is 0.136 e. The monoisotopic (exact) mass is 326 g/mol. The van der Waals surface area contributed by atoms with Gasteiger partial charge in [0.15, 0.2) is 0 Å². The summed E-state index contributed by atoms with van der Waals surface area (Å²) < 4.78 is 5.96. The van der Waals surface area contributed by atoms with E-state index in [-0.39, 0.29) is 11.7 Å². The molecule has 1 aliphatic carbocycles. The molecule has 0 bridgehead atoms.